The summed E-state index contributed by atoms with van der Waals surface area (Å²) < 4.78 is 7.62. The average molecular weight is 336 g/mol. The van der Waals surface area contributed by atoms with Crippen LogP contribution in [0.4, 0.5) is 5.95 Å². The molecule has 1 atom stereocenters. The highest BCUT2D eigenvalue weighted by Crippen LogP contribution is 2.39. The lowest BCUT2D eigenvalue weighted by Gasteiger charge is -2.34. The Morgan fingerprint density at radius 3 is 3.00 bits per heavy atom. The summed E-state index contributed by atoms with van der Waals surface area (Å²) in [5.74, 6) is 1.23. The molecule has 1 amide bonds. The normalized spacial score (nSPS) is 19.3. The Kier molecular flexibility index (Phi) is 3.67. The summed E-state index contributed by atoms with van der Waals surface area (Å²) in [5, 5.41) is 3.02. The van der Waals surface area contributed by atoms with Gasteiger partial charge in [-0.15, -0.1) is 0 Å². The number of aryl methyl sites for hydroxylation is 1. The van der Waals surface area contributed by atoms with Gasteiger partial charge in [0, 0.05) is 18.3 Å². The van der Waals surface area contributed by atoms with Crippen LogP contribution >= 0.6 is 0 Å². The molecule has 6 nitrogen and oxygen atoms in total. The molecule has 6 heteroatoms. The highest BCUT2D eigenvalue weighted by molar-refractivity contribution is 5.99. The van der Waals surface area contributed by atoms with Crippen LogP contribution in [0, 0.1) is 0 Å². The fourth-order valence-corrected chi connectivity index (χ4v) is 3.38. The number of benzene rings is 1. The molecule has 0 aliphatic carbocycles. The number of pyridine rings is 1. The van der Waals surface area contributed by atoms with Crippen LogP contribution in [0.2, 0.25) is 0 Å². The summed E-state index contributed by atoms with van der Waals surface area (Å²) in [6, 6.07) is 11.5. The Morgan fingerprint density at radius 2 is 2.16 bits per heavy atom. The molecule has 2 aromatic heterocycles. The van der Waals surface area contributed by atoms with Crippen molar-refractivity contribution in [2.24, 2.45) is 0 Å². The number of nitrogens with zero attached hydrogens (tertiary/aromatic N) is 3. The van der Waals surface area contributed by atoms with Crippen molar-refractivity contribution in [2.75, 3.05) is 11.9 Å². The van der Waals surface area contributed by atoms with Crippen molar-refractivity contribution in [2.45, 2.75) is 32.2 Å². The number of carbonyl (C=O) groups is 1. The van der Waals surface area contributed by atoms with Crippen LogP contribution in [0.5, 0.6) is 5.75 Å². The smallest absolute Gasteiger partial charge is 0.237 e. The molecule has 0 saturated heterocycles. The van der Waals surface area contributed by atoms with Crippen LogP contribution in [0.3, 0.4) is 0 Å². The molecule has 128 valence electrons. The van der Waals surface area contributed by atoms with Gasteiger partial charge in [0.2, 0.25) is 11.9 Å². The lowest BCUT2D eigenvalue weighted by Crippen LogP contribution is -2.42. The van der Waals surface area contributed by atoms with Gasteiger partial charge in [-0.2, -0.15) is 0 Å². The van der Waals surface area contributed by atoms with Crippen LogP contribution in [0.15, 0.2) is 42.6 Å². The topological polar surface area (TPSA) is 69.0 Å². The van der Waals surface area contributed by atoms with Crippen LogP contribution in [-0.4, -0.2) is 27.0 Å². The molecule has 0 radical (unpaired) electrons. The van der Waals surface area contributed by atoms with Gasteiger partial charge >= 0.3 is 0 Å². The highest BCUT2D eigenvalue weighted by Gasteiger charge is 2.40. The number of hydrogen-bond acceptors (Lipinski definition) is 4. The Labute approximate surface area is 145 Å². The van der Waals surface area contributed by atoms with E-state index in [0.29, 0.717) is 25.5 Å². The second kappa shape index (κ2) is 5.88. The number of anilines is 1. The molecule has 25 heavy (non-hydrogen) atoms. The van der Waals surface area contributed by atoms with Gasteiger partial charge in [-0.25, -0.2) is 9.97 Å². The van der Waals surface area contributed by atoms with Crippen molar-refractivity contribution in [1.29, 1.82) is 0 Å². The van der Waals surface area contributed by atoms with Gasteiger partial charge in [-0.3, -0.25) is 14.7 Å². The molecular weight excluding hydrogens is 316 g/mol. The van der Waals surface area contributed by atoms with Crippen molar-refractivity contribution in [3.8, 4) is 5.75 Å². The predicted molar refractivity (Wildman–Crippen MR) is 95.7 cm³/mol. The standard InChI is InChI=1S/C19H20N4O2/c1-3-23-16-14(8-6-11-20-16)21-18(23)22-17(24)19(2)10-12-25-15-9-5-4-7-13(15)19/h4-9,11H,3,10,12H2,1-2H3,(H,21,22,24). The maximum absolute atomic E-state index is 13.2. The summed E-state index contributed by atoms with van der Waals surface area (Å²) >= 11 is 0. The van der Waals surface area contributed by atoms with Gasteiger partial charge in [-0.05, 0) is 38.5 Å². The molecule has 0 bridgehead atoms. The zero-order chi connectivity index (χ0) is 17.4. The SMILES string of the molecule is CCn1c(NC(=O)C2(C)CCOc3ccccc32)nc2cccnc21. The Bertz CT molecular complexity index is 950. The van der Waals surface area contributed by atoms with E-state index in [1.54, 1.807) is 6.20 Å². The first-order chi connectivity index (χ1) is 12.1. The van der Waals surface area contributed by atoms with E-state index in [4.69, 9.17) is 4.74 Å². The molecule has 3 aromatic rings. The second-order valence-corrected chi connectivity index (χ2v) is 6.41. The van der Waals surface area contributed by atoms with E-state index in [1.165, 1.54) is 0 Å². The molecule has 1 N–H and O–H groups in total. The van der Waals surface area contributed by atoms with Gasteiger partial charge in [0.15, 0.2) is 5.65 Å². The van der Waals surface area contributed by atoms with Gasteiger partial charge in [0.1, 0.15) is 11.3 Å². The third kappa shape index (κ3) is 2.45. The van der Waals surface area contributed by atoms with Crippen molar-refractivity contribution in [1.82, 2.24) is 14.5 Å². The van der Waals surface area contributed by atoms with E-state index in [9.17, 15) is 4.79 Å². The number of imidazole rings is 1. The van der Waals surface area contributed by atoms with Crippen molar-refractivity contribution in [3.63, 3.8) is 0 Å². The van der Waals surface area contributed by atoms with E-state index < -0.39 is 5.41 Å². The Balaban J connectivity index is 1.72. The second-order valence-electron chi connectivity index (χ2n) is 6.41. The molecule has 1 aromatic carbocycles. The number of nitrogens with one attached hydrogen (secondary N) is 1. The monoisotopic (exact) mass is 336 g/mol. The number of ether oxygens (including phenoxy) is 1. The van der Waals surface area contributed by atoms with Gasteiger partial charge < -0.3 is 4.74 Å². The van der Waals surface area contributed by atoms with Crippen LogP contribution in [0.25, 0.3) is 11.2 Å². The van der Waals surface area contributed by atoms with Crippen molar-refractivity contribution in [3.05, 3.63) is 48.2 Å². The third-order valence-electron chi connectivity index (χ3n) is 4.89. The van der Waals surface area contributed by atoms with Crippen molar-refractivity contribution >= 4 is 23.0 Å². The minimum Gasteiger partial charge on any atom is -0.493 e. The van der Waals surface area contributed by atoms with Gasteiger partial charge in [0.05, 0.1) is 12.0 Å². The molecule has 0 saturated carbocycles. The van der Waals surface area contributed by atoms with E-state index in [-0.39, 0.29) is 5.91 Å². The van der Waals surface area contributed by atoms with E-state index in [0.717, 1.165) is 22.5 Å². The van der Waals surface area contributed by atoms with E-state index >= 15 is 0 Å². The first-order valence-electron chi connectivity index (χ1n) is 8.48. The van der Waals surface area contributed by atoms with Gasteiger partial charge in [-0.1, -0.05) is 18.2 Å². The lowest BCUT2D eigenvalue weighted by molar-refractivity contribution is -0.122. The molecule has 3 heterocycles. The number of hydrogen-bond donors (Lipinski definition) is 1. The first-order valence-corrected chi connectivity index (χ1v) is 8.48. The summed E-state index contributed by atoms with van der Waals surface area (Å²) in [7, 11) is 0. The summed E-state index contributed by atoms with van der Waals surface area (Å²) in [6.45, 7) is 5.17. The summed E-state index contributed by atoms with van der Waals surface area (Å²) in [6.07, 6.45) is 2.36. The van der Waals surface area contributed by atoms with E-state index in [1.807, 2.05) is 54.8 Å². The predicted octanol–water partition coefficient (Wildman–Crippen LogP) is 3.13. The average Bonchev–Trinajstić information content (AvgIpc) is 2.99. The molecule has 0 spiro atoms. The van der Waals surface area contributed by atoms with Crippen molar-refractivity contribution < 1.29 is 9.53 Å². The summed E-state index contributed by atoms with van der Waals surface area (Å²) in [5.41, 5.74) is 1.81. The van der Waals surface area contributed by atoms with Crippen LogP contribution < -0.4 is 10.1 Å². The number of aromatic nitrogens is 3. The number of rotatable bonds is 3. The quantitative estimate of drug-likeness (QED) is 0.798. The lowest BCUT2D eigenvalue weighted by atomic mass is 9.77. The first kappa shape index (κ1) is 15.6. The third-order valence-corrected chi connectivity index (χ3v) is 4.89. The molecule has 4 rings (SSSR count). The molecular formula is C19H20N4O2. The Morgan fingerprint density at radius 1 is 1.32 bits per heavy atom. The molecule has 0 fully saturated rings. The van der Waals surface area contributed by atoms with E-state index in [2.05, 4.69) is 15.3 Å². The zero-order valence-electron chi connectivity index (χ0n) is 14.3. The molecule has 1 aliphatic rings. The fourth-order valence-electron chi connectivity index (χ4n) is 3.38. The fraction of sp³-hybridized carbons (Fsp3) is 0.316. The number of para-hydroxylation sites is 1. The maximum atomic E-state index is 13.2. The number of fused-ring (bicyclic) bond motifs is 2. The Hall–Kier alpha value is -2.89. The van der Waals surface area contributed by atoms with Crippen LogP contribution in [0.1, 0.15) is 25.8 Å². The minimum absolute atomic E-state index is 0.0757. The molecule has 1 unspecified atom stereocenters. The zero-order valence-corrected chi connectivity index (χ0v) is 14.3. The largest absolute Gasteiger partial charge is 0.493 e. The maximum Gasteiger partial charge on any atom is 0.237 e. The minimum atomic E-state index is -0.654. The van der Waals surface area contributed by atoms with Gasteiger partial charge in [0.25, 0.3) is 0 Å². The number of carbonyl (C=O) groups excluding carboxylic acids is 1. The van der Waals surface area contributed by atoms with Crippen LogP contribution in [-0.2, 0) is 16.8 Å². The molecule has 1 aliphatic heterocycles. The number of amides is 1. The highest BCUT2D eigenvalue weighted by atomic mass is 16.5. The summed E-state index contributed by atoms with van der Waals surface area (Å²) in [4.78, 5) is 22.1.